The molecule has 0 aliphatic carbocycles. The van der Waals surface area contributed by atoms with Crippen LogP contribution >= 0.6 is 0 Å². The van der Waals surface area contributed by atoms with Gasteiger partial charge in [0.05, 0.1) is 33.0 Å². The number of rotatable bonds is 2. The lowest BCUT2D eigenvalue weighted by atomic mass is 9.84. The second-order valence-corrected chi connectivity index (χ2v) is 3.12. The molecule has 2 rings (SSSR count). The number of aliphatic hydroxyl groups is 1. The molecule has 66 valence electrons. The summed E-state index contributed by atoms with van der Waals surface area (Å²) < 4.78 is 9.46. The molecule has 0 aromatic carbocycles. The summed E-state index contributed by atoms with van der Waals surface area (Å²) in [5, 5.41) is 8.76. The first kappa shape index (κ1) is 8.97. The standard InChI is InChI=1S/C6H12O2.C2H4O/c1-2-6(3-7)4-8-5-6;1-2-3-1/h7H,2-5H2,1H3;1-2H2. The lowest BCUT2D eigenvalue weighted by molar-refractivity contribution is -0.138. The molecule has 0 amide bonds. The first-order chi connectivity index (χ1) is 5.33. The average molecular weight is 160 g/mol. The van der Waals surface area contributed by atoms with E-state index >= 15 is 0 Å². The summed E-state index contributed by atoms with van der Waals surface area (Å²) in [5.74, 6) is 0. The molecule has 2 aliphatic heterocycles. The van der Waals surface area contributed by atoms with Crippen molar-refractivity contribution < 1.29 is 14.6 Å². The predicted molar refractivity (Wildman–Crippen MR) is 41.4 cm³/mol. The quantitative estimate of drug-likeness (QED) is 0.595. The highest BCUT2D eigenvalue weighted by Gasteiger charge is 2.35. The molecule has 0 aromatic rings. The third-order valence-electron chi connectivity index (χ3n) is 2.11. The van der Waals surface area contributed by atoms with Gasteiger partial charge in [-0.25, -0.2) is 0 Å². The number of hydrogen-bond acceptors (Lipinski definition) is 3. The van der Waals surface area contributed by atoms with Crippen LogP contribution in [0.25, 0.3) is 0 Å². The van der Waals surface area contributed by atoms with Crippen molar-refractivity contribution in [1.82, 2.24) is 0 Å². The highest BCUT2D eigenvalue weighted by molar-refractivity contribution is 4.82. The summed E-state index contributed by atoms with van der Waals surface area (Å²) in [6, 6.07) is 0. The topological polar surface area (TPSA) is 42.0 Å². The van der Waals surface area contributed by atoms with Crippen LogP contribution in [0, 0.1) is 5.41 Å². The van der Waals surface area contributed by atoms with E-state index in [4.69, 9.17) is 9.84 Å². The van der Waals surface area contributed by atoms with Crippen LogP contribution in [0.15, 0.2) is 0 Å². The maximum Gasteiger partial charge on any atom is 0.0701 e. The summed E-state index contributed by atoms with van der Waals surface area (Å²) >= 11 is 0. The Morgan fingerprint density at radius 1 is 1.27 bits per heavy atom. The summed E-state index contributed by atoms with van der Waals surface area (Å²) in [7, 11) is 0. The SMILES string of the molecule is C1CO1.CCC1(CO)COC1. The van der Waals surface area contributed by atoms with E-state index < -0.39 is 0 Å². The molecule has 2 aliphatic rings. The van der Waals surface area contributed by atoms with E-state index in [1.54, 1.807) is 0 Å². The Morgan fingerprint density at radius 2 is 1.82 bits per heavy atom. The molecule has 0 bridgehead atoms. The minimum Gasteiger partial charge on any atom is -0.396 e. The second-order valence-electron chi connectivity index (χ2n) is 3.12. The third-order valence-corrected chi connectivity index (χ3v) is 2.11. The maximum atomic E-state index is 8.76. The molecular weight excluding hydrogens is 144 g/mol. The van der Waals surface area contributed by atoms with Crippen LogP contribution in [-0.4, -0.2) is 38.1 Å². The van der Waals surface area contributed by atoms with Gasteiger partial charge in [0.2, 0.25) is 0 Å². The Labute approximate surface area is 67.3 Å². The zero-order valence-electron chi connectivity index (χ0n) is 7.01. The van der Waals surface area contributed by atoms with Crippen molar-refractivity contribution in [2.45, 2.75) is 13.3 Å². The molecule has 3 heteroatoms. The lowest BCUT2D eigenvalue weighted by Gasteiger charge is -2.38. The van der Waals surface area contributed by atoms with Gasteiger partial charge < -0.3 is 14.6 Å². The smallest absolute Gasteiger partial charge is 0.0701 e. The molecule has 11 heavy (non-hydrogen) atoms. The van der Waals surface area contributed by atoms with Crippen molar-refractivity contribution in [3.8, 4) is 0 Å². The molecule has 0 radical (unpaired) electrons. The van der Waals surface area contributed by atoms with Gasteiger partial charge in [0.1, 0.15) is 0 Å². The normalized spacial score (nSPS) is 24.5. The van der Waals surface area contributed by atoms with Crippen molar-refractivity contribution in [2.24, 2.45) is 5.41 Å². The molecule has 2 heterocycles. The van der Waals surface area contributed by atoms with E-state index in [1.807, 2.05) is 0 Å². The van der Waals surface area contributed by atoms with Crippen LogP contribution in [0.5, 0.6) is 0 Å². The molecular formula is C8H16O3. The van der Waals surface area contributed by atoms with E-state index in [0.717, 1.165) is 32.8 Å². The zero-order valence-corrected chi connectivity index (χ0v) is 7.01. The van der Waals surface area contributed by atoms with E-state index in [-0.39, 0.29) is 12.0 Å². The van der Waals surface area contributed by atoms with Crippen molar-refractivity contribution in [1.29, 1.82) is 0 Å². The molecule has 2 saturated heterocycles. The summed E-state index contributed by atoms with van der Waals surface area (Å²) in [6.07, 6.45) is 1.03. The summed E-state index contributed by atoms with van der Waals surface area (Å²) in [4.78, 5) is 0. The van der Waals surface area contributed by atoms with Gasteiger partial charge >= 0.3 is 0 Å². The second kappa shape index (κ2) is 4.04. The van der Waals surface area contributed by atoms with Gasteiger partial charge in [-0.05, 0) is 6.42 Å². The number of epoxide rings is 1. The van der Waals surface area contributed by atoms with E-state index in [2.05, 4.69) is 11.7 Å². The predicted octanol–water partition coefficient (Wildman–Crippen LogP) is 0.422. The Bertz CT molecular complexity index is 91.6. The monoisotopic (exact) mass is 160 g/mol. The molecule has 0 saturated carbocycles. The lowest BCUT2D eigenvalue weighted by Crippen LogP contribution is -2.44. The van der Waals surface area contributed by atoms with Crippen LogP contribution in [0.1, 0.15) is 13.3 Å². The van der Waals surface area contributed by atoms with E-state index in [9.17, 15) is 0 Å². The van der Waals surface area contributed by atoms with Gasteiger partial charge in [-0.1, -0.05) is 6.92 Å². The fourth-order valence-electron chi connectivity index (χ4n) is 0.798. The van der Waals surface area contributed by atoms with Gasteiger partial charge in [0.25, 0.3) is 0 Å². The fraction of sp³-hybridized carbons (Fsp3) is 1.00. The summed E-state index contributed by atoms with van der Waals surface area (Å²) in [5.41, 5.74) is 0.139. The number of hydrogen-bond donors (Lipinski definition) is 1. The molecule has 1 N–H and O–H groups in total. The van der Waals surface area contributed by atoms with Crippen molar-refractivity contribution in [3.63, 3.8) is 0 Å². The van der Waals surface area contributed by atoms with Gasteiger partial charge in [-0.3, -0.25) is 0 Å². The fourth-order valence-corrected chi connectivity index (χ4v) is 0.798. The van der Waals surface area contributed by atoms with Crippen molar-refractivity contribution in [3.05, 3.63) is 0 Å². The first-order valence-electron chi connectivity index (χ1n) is 4.09. The van der Waals surface area contributed by atoms with E-state index in [0.29, 0.717) is 0 Å². The third kappa shape index (κ3) is 2.77. The Morgan fingerprint density at radius 3 is 1.82 bits per heavy atom. The van der Waals surface area contributed by atoms with Crippen LogP contribution in [0.3, 0.4) is 0 Å². The first-order valence-corrected chi connectivity index (χ1v) is 4.09. The highest BCUT2D eigenvalue weighted by Crippen LogP contribution is 2.29. The Hall–Kier alpha value is -0.120. The van der Waals surface area contributed by atoms with Crippen LogP contribution in [0.2, 0.25) is 0 Å². The number of aliphatic hydroxyl groups excluding tert-OH is 1. The van der Waals surface area contributed by atoms with Crippen LogP contribution in [-0.2, 0) is 9.47 Å². The molecule has 3 nitrogen and oxygen atoms in total. The Kier molecular flexibility index (Phi) is 3.30. The molecule has 0 atom stereocenters. The minimum atomic E-state index is 0.139. The van der Waals surface area contributed by atoms with E-state index in [1.165, 1.54) is 0 Å². The maximum absolute atomic E-state index is 8.76. The Balaban J connectivity index is 0.000000167. The van der Waals surface area contributed by atoms with Gasteiger partial charge in [-0.2, -0.15) is 0 Å². The average Bonchev–Trinajstić information content (AvgIpc) is 2.72. The highest BCUT2D eigenvalue weighted by atomic mass is 16.6. The summed E-state index contributed by atoms with van der Waals surface area (Å²) in [6.45, 7) is 5.86. The van der Waals surface area contributed by atoms with Gasteiger partial charge in [0.15, 0.2) is 0 Å². The van der Waals surface area contributed by atoms with Crippen LogP contribution < -0.4 is 0 Å². The van der Waals surface area contributed by atoms with Crippen molar-refractivity contribution >= 4 is 0 Å². The molecule has 2 fully saturated rings. The van der Waals surface area contributed by atoms with Gasteiger partial charge in [-0.15, -0.1) is 0 Å². The largest absolute Gasteiger partial charge is 0.396 e. The zero-order chi connectivity index (χ0) is 8.16. The van der Waals surface area contributed by atoms with Gasteiger partial charge in [0, 0.05) is 5.41 Å². The van der Waals surface area contributed by atoms with Crippen molar-refractivity contribution in [2.75, 3.05) is 33.0 Å². The number of ether oxygens (including phenoxy) is 2. The minimum absolute atomic E-state index is 0.139. The molecule has 0 spiro atoms. The molecule has 0 aromatic heterocycles. The molecule has 0 unspecified atom stereocenters. The van der Waals surface area contributed by atoms with Crippen LogP contribution in [0.4, 0.5) is 0 Å².